The molecule has 0 spiro atoms. The topological polar surface area (TPSA) is 12.5 Å². The number of nitrogens with zero attached hydrogens (tertiary/aromatic N) is 1. The van der Waals surface area contributed by atoms with E-state index in [2.05, 4.69) is 0 Å². The fourth-order valence-electron chi connectivity index (χ4n) is 1.17. The first-order valence-corrected chi connectivity index (χ1v) is 5.26. The summed E-state index contributed by atoms with van der Waals surface area (Å²) in [4.78, 5) is 2.03. The Kier molecular flexibility index (Phi) is 2.89. The monoisotopic (exact) mass is 227 g/mol. The molecule has 0 unspecified atom stereocenters. The second-order valence-electron chi connectivity index (χ2n) is 3.16. The van der Waals surface area contributed by atoms with Crippen LogP contribution in [0.5, 0.6) is 5.75 Å². The van der Waals surface area contributed by atoms with Crippen LogP contribution in [0.25, 0.3) is 0 Å². The van der Waals surface area contributed by atoms with E-state index in [1.807, 2.05) is 17.0 Å². The first-order valence-electron chi connectivity index (χ1n) is 4.48. The number of hydrogen-bond acceptors (Lipinski definition) is 2. The minimum Gasteiger partial charge on any atom is -0.432 e. The second kappa shape index (κ2) is 4.15. The highest BCUT2D eigenvalue weighted by Gasteiger charge is 2.18. The van der Waals surface area contributed by atoms with Gasteiger partial charge in [0.25, 0.3) is 5.17 Å². The van der Waals surface area contributed by atoms with Crippen LogP contribution in [0.2, 0.25) is 5.02 Å². The number of halogens is 1. The van der Waals surface area contributed by atoms with Crippen molar-refractivity contribution in [1.82, 2.24) is 4.90 Å². The Balaban J connectivity index is 1.96. The average molecular weight is 228 g/mol. The predicted molar refractivity (Wildman–Crippen MR) is 60.9 cm³/mol. The van der Waals surface area contributed by atoms with E-state index >= 15 is 0 Å². The minimum atomic E-state index is 0.554. The maximum atomic E-state index is 5.75. The number of thiocarbonyl (C=S) groups is 1. The summed E-state index contributed by atoms with van der Waals surface area (Å²) in [7, 11) is 0. The van der Waals surface area contributed by atoms with E-state index in [-0.39, 0.29) is 0 Å². The van der Waals surface area contributed by atoms with Gasteiger partial charge in [-0.05, 0) is 42.9 Å². The van der Waals surface area contributed by atoms with E-state index in [4.69, 9.17) is 28.6 Å². The van der Waals surface area contributed by atoms with Crippen LogP contribution >= 0.6 is 23.8 Å². The molecule has 0 radical (unpaired) electrons. The third kappa shape index (κ3) is 2.16. The summed E-state index contributed by atoms with van der Waals surface area (Å²) in [5, 5.41) is 1.26. The summed E-state index contributed by atoms with van der Waals surface area (Å²) in [5.74, 6) is 0.742. The fourth-order valence-corrected chi connectivity index (χ4v) is 1.57. The fraction of sp³-hybridized carbons (Fsp3) is 0.300. The normalized spacial score (nSPS) is 14.8. The van der Waals surface area contributed by atoms with Crippen LogP contribution in [-0.2, 0) is 0 Å². The van der Waals surface area contributed by atoms with Crippen molar-refractivity contribution in [3.8, 4) is 5.75 Å². The van der Waals surface area contributed by atoms with Gasteiger partial charge in [-0.2, -0.15) is 0 Å². The van der Waals surface area contributed by atoms with Gasteiger partial charge in [0.05, 0.1) is 0 Å². The highest BCUT2D eigenvalue weighted by molar-refractivity contribution is 7.80. The molecule has 1 aromatic carbocycles. The molecule has 1 aliphatic rings. The lowest BCUT2D eigenvalue weighted by molar-refractivity contribution is 0.261. The Morgan fingerprint density at radius 3 is 2.43 bits per heavy atom. The largest absolute Gasteiger partial charge is 0.432 e. The van der Waals surface area contributed by atoms with Crippen molar-refractivity contribution in [3.05, 3.63) is 29.3 Å². The molecular formula is C10H10ClNOS. The van der Waals surface area contributed by atoms with Crippen LogP contribution in [-0.4, -0.2) is 23.2 Å². The second-order valence-corrected chi connectivity index (χ2v) is 3.95. The molecule has 1 aromatic rings. The first-order chi connectivity index (χ1) is 6.75. The van der Waals surface area contributed by atoms with Crippen LogP contribution in [0.1, 0.15) is 6.42 Å². The Morgan fingerprint density at radius 2 is 1.93 bits per heavy atom. The van der Waals surface area contributed by atoms with E-state index in [1.54, 1.807) is 12.1 Å². The number of ether oxygens (including phenoxy) is 1. The summed E-state index contributed by atoms with van der Waals surface area (Å²) >= 11 is 10.9. The van der Waals surface area contributed by atoms with Gasteiger partial charge in [-0.15, -0.1) is 0 Å². The molecule has 0 N–H and O–H groups in total. The molecule has 1 heterocycles. The summed E-state index contributed by atoms with van der Waals surface area (Å²) in [6.07, 6.45) is 1.20. The maximum Gasteiger partial charge on any atom is 0.264 e. The third-order valence-electron chi connectivity index (χ3n) is 2.13. The molecule has 4 heteroatoms. The van der Waals surface area contributed by atoms with Gasteiger partial charge in [0.15, 0.2) is 0 Å². The van der Waals surface area contributed by atoms with E-state index in [0.29, 0.717) is 10.2 Å². The van der Waals surface area contributed by atoms with Crippen LogP contribution in [0.4, 0.5) is 0 Å². The smallest absolute Gasteiger partial charge is 0.264 e. The van der Waals surface area contributed by atoms with Gasteiger partial charge in [0.2, 0.25) is 0 Å². The Morgan fingerprint density at radius 1 is 1.29 bits per heavy atom. The van der Waals surface area contributed by atoms with E-state index < -0.39 is 0 Å². The van der Waals surface area contributed by atoms with Crippen molar-refractivity contribution >= 4 is 29.0 Å². The quantitative estimate of drug-likeness (QED) is 0.685. The minimum absolute atomic E-state index is 0.554. The van der Waals surface area contributed by atoms with E-state index in [0.717, 1.165) is 18.8 Å². The molecule has 0 amide bonds. The molecule has 0 aliphatic carbocycles. The summed E-state index contributed by atoms with van der Waals surface area (Å²) < 4.78 is 5.47. The summed E-state index contributed by atoms with van der Waals surface area (Å²) in [6.45, 7) is 2.01. The molecule has 0 saturated carbocycles. The Hall–Kier alpha value is -0.800. The van der Waals surface area contributed by atoms with E-state index in [1.165, 1.54) is 6.42 Å². The third-order valence-corrected chi connectivity index (χ3v) is 2.73. The summed E-state index contributed by atoms with van der Waals surface area (Å²) in [6, 6.07) is 7.20. The number of benzene rings is 1. The summed E-state index contributed by atoms with van der Waals surface area (Å²) in [5.41, 5.74) is 0. The van der Waals surface area contributed by atoms with Gasteiger partial charge < -0.3 is 9.64 Å². The molecule has 0 bridgehead atoms. The van der Waals surface area contributed by atoms with Crippen LogP contribution < -0.4 is 4.74 Å². The van der Waals surface area contributed by atoms with Gasteiger partial charge in [-0.3, -0.25) is 0 Å². The van der Waals surface area contributed by atoms with Gasteiger partial charge in [0.1, 0.15) is 5.75 Å². The molecule has 74 valence electrons. The van der Waals surface area contributed by atoms with Gasteiger partial charge in [0, 0.05) is 18.1 Å². The van der Waals surface area contributed by atoms with Gasteiger partial charge >= 0.3 is 0 Å². The average Bonchev–Trinajstić information content (AvgIpc) is 2.06. The zero-order chi connectivity index (χ0) is 9.97. The lowest BCUT2D eigenvalue weighted by Gasteiger charge is -2.32. The molecule has 2 rings (SSSR count). The first kappa shape index (κ1) is 9.74. The standard InChI is InChI=1S/C10H10ClNOS/c11-8-2-4-9(5-3-8)13-10(14)12-6-1-7-12/h2-5H,1,6-7H2. The molecule has 1 fully saturated rings. The SMILES string of the molecule is S=C(Oc1ccc(Cl)cc1)N1CCC1. The highest BCUT2D eigenvalue weighted by Crippen LogP contribution is 2.17. The number of rotatable bonds is 1. The van der Waals surface area contributed by atoms with E-state index in [9.17, 15) is 0 Å². The molecule has 1 aliphatic heterocycles. The van der Waals surface area contributed by atoms with Crippen molar-refractivity contribution in [2.75, 3.05) is 13.1 Å². The van der Waals surface area contributed by atoms with Crippen LogP contribution in [0.15, 0.2) is 24.3 Å². The molecule has 0 atom stereocenters. The van der Waals surface area contributed by atoms with Crippen molar-refractivity contribution in [1.29, 1.82) is 0 Å². The Labute approximate surface area is 93.4 Å². The van der Waals surface area contributed by atoms with Crippen molar-refractivity contribution in [2.45, 2.75) is 6.42 Å². The zero-order valence-corrected chi connectivity index (χ0v) is 9.14. The zero-order valence-electron chi connectivity index (χ0n) is 7.57. The molecular weight excluding hydrogens is 218 g/mol. The number of likely N-dealkylation sites (tertiary alicyclic amines) is 1. The maximum absolute atomic E-state index is 5.75. The van der Waals surface area contributed by atoms with Gasteiger partial charge in [-0.1, -0.05) is 11.6 Å². The Bertz CT molecular complexity index is 334. The van der Waals surface area contributed by atoms with Gasteiger partial charge in [-0.25, -0.2) is 0 Å². The van der Waals surface area contributed by atoms with Crippen molar-refractivity contribution in [3.63, 3.8) is 0 Å². The molecule has 1 saturated heterocycles. The van der Waals surface area contributed by atoms with Crippen molar-refractivity contribution in [2.24, 2.45) is 0 Å². The van der Waals surface area contributed by atoms with Crippen LogP contribution in [0.3, 0.4) is 0 Å². The molecule has 2 nitrogen and oxygen atoms in total. The number of hydrogen-bond donors (Lipinski definition) is 0. The van der Waals surface area contributed by atoms with Crippen molar-refractivity contribution < 1.29 is 4.74 Å². The molecule has 14 heavy (non-hydrogen) atoms. The molecule has 0 aromatic heterocycles. The lowest BCUT2D eigenvalue weighted by Crippen LogP contribution is -2.43. The predicted octanol–water partition coefficient (Wildman–Crippen LogP) is 2.71. The van der Waals surface area contributed by atoms with Crippen LogP contribution in [0, 0.1) is 0 Å². The highest BCUT2D eigenvalue weighted by atomic mass is 35.5. The lowest BCUT2D eigenvalue weighted by atomic mass is 10.2.